The highest BCUT2D eigenvalue weighted by atomic mass is 19.1. The number of carbonyl (C=O) groups is 2. The monoisotopic (exact) mass is 454 g/mol. The van der Waals surface area contributed by atoms with Crippen LogP contribution in [-0.4, -0.2) is 53.3 Å². The summed E-state index contributed by atoms with van der Waals surface area (Å²) in [7, 11) is 1.70. The quantitative estimate of drug-likeness (QED) is 0.481. The second-order valence-corrected chi connectivity index (χ2v) is 7.46. The zero-order valence-corrected chi connectivity index (χ0v) is 18.7. The van der Waals surface area contributed by atoms with Crippen molar-refractivity contribution >= 4 is 17.5 Å². The molecule has 2 aromatic carbocycles. The van der Waals surface area contributed by atoms with Crippen LogP contribution in [0, 0.1) is 12.7 Å². The third-order valence-electron chi connectivity index (χ3n) is 4.80. The maximum absolute atomic E-state index is 13.1. The lowest BCUT2D eigenvalue weighted by molar-refractivity contribution is -0.131. The molecule has 8 nitrogen and oxygen atoms in total. The molecular weight excluding hydrogens is 427 g/mol. The lowest BCUT2D eigenvalue weighted by atomic mass is 10.2. The number of nitrogens with one attached hydrogen (secondary N) is 1. The summed E-state index contributed by atoms with van der Waals surface area (Å²) in [5.41, 5.74) is 1.15. The third-order valence-corrected chi connectivity index (χ3v) is 4.80. The molecule has 0 unspecified atom stereocenters. The summed E-state index contributed by atoms with van der Waals surface area (Å²) in [5, 5.41) is 6.84. The Kier molecular flexibility index (Phi) is 8.40. The van der Waals surface area contributed by atoms with Gasteiger partial charge in [0.25, 0.3) is 0 Å². The average Bonchev–Trinajstić information content (AvgIpc) is 3.22. The lowest BCUT2D eigenvalue weighted by Crippen LogP contribution is -2.33. The predicted molar refractivity (Wildman–Crippen MR) is 122 cm³/mol. The van der Waals surface area contributed by atoms with E-state index in [1.54, 1.807) is 25.1 Å². The van der Waals surface area contributed by atoms with Gasteiger partial charge in [0.1, 0.15) is 30.5 Å². The van der Waals surface area contributed by atoms with E-state index in [-0.39, 0.29) is 37.2 Å². The van der Waals surface area contributed by atoms with Crippen molar-refractivity contribution < 1.29 is 23.5 Å². The molecule has 0 radical (unpaired) electrons. The van der Waals surface area contributed by atoms with Crippen LogP contribution in [0.15, 0.2) is 60.9 Å². The molecule has 1 N–H and O–H groups in total. The third kappa shape index (κ3) is 7.64. The second kappa shape index (κ2) is 11.7. The van der Waals surface area contributed by atoms with E-state index in [2.05, 4.69) is 10.4 Å². The van der Waals surface area contributed by atoms with Crippen LogP contribution in [0.2, 0.25) is 0 Å². The fourth-order valence-corrected chi connectivity index (χ4v) is 2.97. The standard InChI is InChI=1S/C24H27FN4O4/c1-18-14-19(25)8-9-22(18)33-12-10-23(30)27-20-15-26-29(16-20)17-24(31)28(2)11-13-32-21-6-4-3-5-7-21/h3-9,14-16H,10-13,17H2,1-2H3,(H,27,30). The number of anilines is 1. The minimum absolute atomic E-state index is 0.0463. The number of rotatable bonds is 11. The molecule has 33 heavy (non-hydrogen) atoms. The van der Waals surface area contributed by atoms with Crippen molar-refractivity contribution in [2.45, 2.75) is 19.9 Å². The van der Waals surface area contributed by atoms with Gasteiger partial charge in [-0.05, 0) is 42.8 Å². The van der Waals surface area contributed by atoms with Crippen LogP contribution in [0.1, 0.15) is 12.0 Å². The zero-order chi connectivity index (χ0) is 23.6. The van der Waals surface area contributed by atoms with Gasteiger partial charge in [0.15, 0.2) is 0 Å². The molecule has 3 rings (SSSR count). The molecule has 174 valence electrons. The van der Waals surface area contributed by atoms with E-state index in [1.807, 2.05) is 30.3 Å². The molecular formula is C24H27FN4O4. The number of amides is 2. The first-order valence-electron chi connectivity index (χ1n) is 10.5. The molecule has 1 aromatic heterocycles. The van der Waals surface area contributed by atoms with Gasteiger partial charge in [0.2, 0.25) is 11.8 Å². The molecule has 0 aliphatic rings. The van der Waals surface area contributed by atoms with Crippen molar-refractivity contribution in [3.05, 3.63) is 72.3 Å². The fraction of sp³-hybridized carbons (Fsp3) is 0.292. The normalized spacial score (nSPS) is 10.5. The van der Waals surface area contributed by atoms with E-state index >= 15 is 0 Å². The van der Waals surface area contributed by atoms with Crippen molar-refractivity contribution in [2.24, 2.45) is 0 Å². The van der Waals surface area contributed by atoms with E-state index in [1.165, 1.54) is 29.1 Å². The van der Waals surface area contributed by atoms with Gasteiger partial charge < -0.3 is 19.7 Å². The van der Waals surface area contributed by atoms with Gasteiger partial charge in [-0.2, -0.15) is 5.10 Å². The fourth-order valence-electron chi connectivity index (χ4n) is 2.97. The first kappa shape index (κ1) is 23.8. The number of ether oxygens (including phenoxy) is 2. The van der Waals surface area contributed by atoms with Crippen LogP contribution in [0.4, 0.5) is 10.1 Å². The molecule has 2 amide bonds. The molecule has 0 aliphatic carbocycles. The van der Waals surface area contributed by atoms with Crippen LogP contribution in [-0.2, 0) is 16.1 Å². The summed E-state index contributed by atoms with van der Waals surface area (Å²) in [6.45, 7) is 2.76. The number of para-hydroxylation sites is 1. The number of likely N-dealkylation sites (N-methyl/N-ethyl adjacent to an activating group) is 1. The van der Waals surface area contributed by atoms with Crippen molar-refractivity contribution in [3.8, 4) is 11.5 Å². The summed E-state index contributed by atoms with van der Waals surface area (Å²) < 4.78 is 25.7. The Hall–Kier alpha value is -3.88. The minimum atomic E-state index is -0.334. The Labute approximate surface area is 191 Å². The summed E-state index contributed by atoms with van der Waals surface area (Å²) in [4.78, 5) is 26.1. The molecule has 1 heterocycles. The van der Waals surface area contributed by atoms with E-state index in [9.17, 15) is 14.0 Å². The number of nitrogens with zero attached hydrogens (tertiary/aromatic N) is 3. The summed E-state index contributed by atoms with van der Waals surface area (Å²) >= 11 is 0. The van der Waals surface area contributed by atoms with Crippen molar-refractivity contribution in [1.29, 1.82) is 0 Å². The number of benzene rings is 2. The van der Waals surface area contributed by atoms with Crippen molar-refractivity contribution in [1.82, 2.24) is 14.7 Å². The van der Waals surface area contributed by atoms with Gasteiger partial charge in [0, 0.05) is 13.2 Å². The molecule has 3 aromatic rings. The molecule has 0 saturated heterocycles. The molecule has 9 heteroatoms. The summed E-state index contributed by atoms with van der Waals surface area (Å²) in [6.07, 6.45) is 3.19. The maximum atomic E-state index is 13.1. The average molecular weight is 455 g/mol. The molecule has 0 bridgehead atoms. The topological polar surface area (TPSA) is 85.7 Å². The summed E-state index contributed by atoms with van der Waals surface area (Å²) in [6, 6.07) is 13.6. The SMILES string of the molecule is Cc1cc(F)ccc1OCCC(=O)Nc1cnn(CC(=O)N(C)CCOc2ccccc2)c1. The number of hydrogen-bond donors (Lipinski definition) is 1. The van der Waals surface area contributed by atoms with Crippen LogP contribution in [0.5, 0.6) is 11.5 Å². The molecule has 0 aliphatic heterocycles. The number of hydrogen-bond acceptors (Lipinski definition) is 5. The molecule has 0 atom stereocenters. The Bertz CT molecular complexity index is 1070. The predicted octanol–water partition coefficient (Wildman–Crippen LogP) is 3.28. The van der Waals surface area contributed by atoms with Crippen LogP contribution in [0.3, 0.4) is 0 Å². The van der Waals surface area contributed by atoms with E-state index in [0.29, 0.717) is 30.2 Å². The van der Waals surface area contributed by atoms with Crippen LogP contribution < -0.4 is 14.8 Å². The first-order valence-corrected chi connectivity index (χ1v) is 10.5. The minimum Gasteiger partial charge on any atom is -0.493 e. The molecule has 0 spiro atoms. The molecule has 0 fully saturated rings. The first-order chi connectivity index (χ1) is 15.9. The highest BCUT2D eigenvalue weighted by molar-refractivity contribution is 5.90. The Balaban J connectivity index is 1.37. The van der Waals surface area contributed by atoms with E-state index < -0.39 is 0 Å². The smallest absolute Gasteiger partial charge is 0.244 e. The van der Waals surface area contributed by atoms with E-state index in [0.717, 1.165) is 5.75 Å². The van der Waals surface area contributed by atoms with Gasteiger partial charge in [-0.1, -0.05) is 18.2 Å². The van der Waals surface area contributed by atoms with Crippen LogP contribution in [0.25, 0.3) is 0 Å². The van der Waals surface area contributed by atoms with Crippen LogP contribution >= 0.6 is 0 Å². The van der Waals surface area contributed by atoms with Crippen molar-refractivity contribution in [3.63, 3.8) is 0 Å². The highest BCUT2D eigenvalue weighted by Gasteiger charge is 2.12. The number of carbonyl (C=O) groups excluding carboxylic acids is 2. The van der Waals surface area contributed by atoms with Gasteiger partial charge >= 0.3 is 0 Å². The summed E-state index contributed by atoms with van der Waals surface area (Å²) in [5.74, 6) is 0.573. The van der Waals surface area contributed by atoms with E-state index in [4.69, 9.17) is 9.47 Å². The highest BCUT2D eigenvalue weighted by Crippen LogP contribution is 2.18. The maximum Gasteiger partial charge on any atom is 0.244 e. The lowest BCUT2D eigenvalue weighted by Gasteiger charge is -2.17. The number of halogens is 1. The van der Waals surface area contributed by atoms with Gasteiger partial charge in [-0.15, -0.1) is 0 Å². The Morgan fingerprint density at radius 2 is 1.91 bits per heavy atom. The second-order valence-electron chi connectivity index (χ2n) is 7.46. The largest absolute Gasteiger partial charge is 0.493 e. The zero-order valence-electron chi connectivity index (χ0n) is 18.7. The Morgan fingerprint density at radius 1 is 1.12 bits per heavy atom. The Morgan fingerprint density at radius 3 is 2.67 bits per heavy atom. The van der Waals surface area contributed by atoms with Gasteiger partial charge in [-0.3, -0.25) is 14.3 Å². The number of aryl methyl sites for hydroxylation is 1. The van der Waals surface area contributed by atoms with Gasteiger partial charge in [-0.25, -0.2) is 4.39 Å². The van der Waals surface area contributed by atoms with Gasteiger partial charge in [0.05, 0.1) is 31.5 Å². The number of aromatic nitrogens is 2. The van der Waals surface area contributed by atoms with Crippen molar-refractivity contribution in [2.75, 3.05) is 32.1 Å². The molecule has 0 saturated carbocycles.